The molecule has 19 heavy (non-hydrogen) atoms. The summed E-state index contributed by atoms with van der Waals surface area (Å²) in [5.74, 6) is 1.66. The van der Waals surface area contributed by atoms with Gasteiger partial charge in [0.1, 0.15) is 17.0 Å². The fourth-order valence-electron chi connectivity index (χ4n) is 1.88. The molecule has 0 radical (unpaired) electrons. The monoisotopic (exact) mass is 278 g/mol. The highest BCUT2D eigenvalue weighted by Gasteiger charge is 2.33. The standard InChI is InChI=1S/C12H14N4O2S/c1-8-2-5-10(18-8)6-16(9-3-4-9)12(17)14-11-15-13-7-19-11/h2,5,7,9H,3-4,6H2,1H3,(H,14,15,17). The number of amides is 2. The molecule has 0 aliphatic heterocycles. The molecular formula is C12H14N4O2S. The Hall–Kier alpha value is -1.89. The number of urea groups is 1. The molecule has 1 fully saturated rings. The van der Waals surface area contributed by atoms with Crippen molar-refractivity contribution in [3.63, 3.8) is 0 Å². The van der Waals surface area contributed by atoms with Gasteiger partial charge in [-0.05, 0) is 31.9 Å². The van der Waals surface area contributed by atoms with E-state index in [1.165, 1.54) is 11.3 Å². The molecule has 0 unspecified atom stereocenters. The van der Waals surface area contributed by atoms with Crippen LogP contribution in [0.2, 0.25) is 0 Å². The van der Waals surface area contributed by atoms with E-state index in [-0.39, 0.29) is 6.03 Å². The molecule has 0 atom stereocenters. The average molecular weight is 278 g/mol. The van der Waals surface area contributed by atoms with Crippen molar-refractivity contribution in [1.82, 2.24) is 15.1 Å². The number of hydrogen-bond donors (Lipinski definition) is 1. The summed E-state index contributed by atoms with van der Waals surface area (Å²) < 4.78 is 5.53. The van der Waals surface area contributed by atoms with Crippen LogP contribution in [0.4, 0.5) is 9.93 Å². The molecule has 2 heterocycles. The summed E-state index contributed by atoms with van der Waals surface area (Å²) in [7, 11) is 0. The topological polar surface area (TPSA) is 71.3 Å². The first kappa shape index (κ1) is 12.2. The highest BCUT2D eigenvalue weighted by molar-refractivity contribution is 7.13. The highest BCUT2D eigenvalue weighted by Crippen LogP contribution is 2.29. The lowest BCUT2D eigenvalue weighted by Gasteiger charge is -2.20. The van der Waals surface area contributed by atoms with Gasteiger partial charge in [0.15, 0.2) is 0 Å². The molecule has 1 N–H and O–H groups in total. The lowest BCUT2D eigenvalue weighted by atomic mass is 10.4. The van der Waals surface area contributed by atoms with E-state index in [4.69, 9.17) is 4.42 Å². The molecule has 1 aliphatic rings. The maximum Gasteiger partial charge on any atom is 0.324 e. The lowest BCUT2D eigenvalue weighted by molar-refractivity contribution is 0.200. The van der Waals surface area contributed by atoms with Gasteiger partial charge in [0.05, 0.1) is 6.54 Å². The lowest BCUT2D eigenvalue weighted by Crippen LogP contribution is -2.36. The van der Waals surface area contributed by atoms with Crippen LogP contribution in [-0.2, 0) is 6.54 Å². The minimum atomic E-state index is -0.145. The van der Waals surface area contributed by atoms with Gasteiger partial charge in [0.25, 0.3) is 0 Å². The first-order chi connectivity index (χ1) is 9.22. The molecule has 2 aromatic heterocycles. The van der Waals surface area contributed by atoms with E-state index < -0.39 is 0 Å². The molecule has 2 aromatic rings. The van der Waals surface area contributed by atoms with Gasteiger partial charge < -0.3 is 9.32 Å². The van der Waals surface area contributed by atoms with Crippen LogP contribution in [0.3, 0.4) is 0 Å². The second kappa shape index (κ2) is 5.00. The van der Waals surface area contributed by atoms with Crippen LogP contribution in [0.5, 0.6) is 0 Å². The number of hydrogen-bond acceptors (Lipinski definition) is 5. The Kier molecular flexibility index (Phi) is 3.20. The van der Waals surface area contributed by atoms with Gasteiger partial charge in [-0.25, -0.2) is 4.79 Å². The van der Waals surface area contributed by atoms with Gasteiger partial charge in [-0.15, -0.1) is 10.2 Å². The number of nitrogens with zero attached hydrogens (tertiary/aromatic N) is 3. The smallest absolute Gasteiger partial charge is 0.324 e. The number of aromatic nitrogens is 2. The van der Waals surface area contributed by atoms with Crippen molar-refractivity contribution in [3.8, 4) is 0 Å². The molecule has 0 saturated heterocycles. The summed E-state index contributed by atoms with van der Waals surface area (Å²) in [6, 6.07) is 3.97. The third-order valence-electron chi connectivity index (χ3n) is 2.94. The number of nitrogens with one attached hydrogen (secondary N) is 1. The van der Waals surface area contributed by atoms with E-state index in [1.54, 1.807) is 10.4 Å². The Bertz CT molecular complexity index is 562. The molecule has 6 nitrogen and oxygen atoms in total. The quantitative estimate of drug-likeness (QED) is 0.933. The summed E-state index contributed by atoms with van der Waals surface area (Å²) in [5, 5.41) is 10.8. The van der Waals surface area contributed by atoms with Crippen molar-refractivity contribution in [2.45, 2.75) is 32.4 Å². The van der Waals surface area contributed by atoms with Crippen LogP contribution in [0.1, 0.15) is 24.4 Å². The third-order valence-corrected chi connectivity index (χ3v) is 3.55. The van der Waals surface area contributed by atoms with Crippen LogP contribution >= 0.6 is 11.3 Å². The molecule has 100 valence electrons. The molecular weight excluding hydrogens is 264 g/mol. The van der Waals surface area contributed by atoms with Crippen LogP contribution in [0.25, 0.3) is 0 Å². The number of carbonyl (C=O) groups excluding carboxylic acids is 1. The fourth-order valence-corrected chi connectivity index (χ4v) is 2.32. The number of carbonyl (C=O) groups is 1. The molecule has 7 heteroatoms. The summed E-state index contributed by atoms with van der Waals surface area (Å²) in [5.41, 5.74) is 1.59. The van der Waals surface area contributed by atoms with Gasteiger partial charge >= 0.3 is 6.03 Å². The number of aryl methyl sites for hydroxylation is 1. The van der Waals surface area contributed by atoms with E-state index >= 15 is 0 Å². The molecule has 3 rings (SSSR count). The Morgan fingerprint density at radius 3 is 3.00 bits per heavy atom. The summed E-state index contributed by atoms with van der Waals surface area (Å²) in [6.45, 7) is 2.38. The second-order valence-electron chi connectivity index (χ2n) is 4.55. The van der Waals surface area contributed by atoms with E-state index in [9.17, 15) is 4.79 Å². The van der Waals surface area contributed by atoms with Crippen molar-refractivity contribution < 1.29 is 9.21 Å². The van der Waals surface area contributed by atoms with Gasteiger partial charge in [-0.2, -0.15) is 0 Å². The van der Waals surface area contributed by atoms with Crippen molar-refractivity contribution in [3.05, 3.63) is 29.2 Å². The zero-order chi connectivity index (χ0) is 13.2. The number of anilines is 1. The molecule has 1 aliphatic carbocycles. The van der Waals surface area contributed by atoms with Crippen molar-refractivity contribution in [2.75, 3.05) is 5.32 Å². The first-order valence-corrected chi connectivity index (χ1v) is 6.99. The summed E-state index contributed by atoms with van der Waals surface area (Å²) in [6.07, 6.45) is 2.09. The van der Waals surface area contributed by atoms with Crippen molar-refractivity contribution >= 4 is 22.5 Å². The van der Waals surface area contributed by atoms with Gasteiger partial charge in [-0.3, -0.25) is 5.32 Å². The van der Waals surface area contributed by atoms with Crippen LogP contribution in [-0.4, -0.2) is 27.2 Å². The minimum Gasteiger partial charge on any atom is -0.464 e. The fraction of sp³-hybridized carbons (Fsp3) is 0.417. The Morgan fingerprint density at radius 2 is 2.42 bits per heavy atom. The minimum absolute atomic E-state index is 0.145. The highest BCUT2D eigenvalue weighted by atomic mass is 32.1. The third kappa shape index (κ3) is 2.93. The molecule has 0 spiro atoms. The molecule has 0 bridgehead atoms. The Labute approximate surface area is 114 Å². The summed E-state index contributed by atoms with van der Waals surface area (Å²) >= 11 is 1.31. The molecule has 2 amide bonds. The van der Waals surface area contributed by atoms with E-state index in [0.717, 1.165) is 24.4 Å². The zero-order valence-electron chi connectivity index (χ0n) is 10.5. The normalized spacial score (nSPS) is 14.4. The Morgan fingerprint density at radius 1 is 1.58 bits per heavy atom. The van der Waals surface area contributed by atoms with Gasteiger partial charge in [0, 0.05) is 6.04 Å². The van der Waals surface area contributed by atoms with Gasteiger partial charge in [0.2, 0.25) is 5.13 Å². The predicted molar refractivity (Wildman–Crippen MR) is 70.9 cm³/mol. The Balaban J connectivity index is 1.68. The maximum absolute atomic E-state index is 12.2. The zero-order valence-corrected chi connectivity index (χ0v) is 11.3. The van der Waals surface area contributed by atoms with Crippen LogP contribution < -0.4 is 5.32 Å². The maximum atomic E-state index is 12.2. The largest absolute Gasteiger partial charge is 0.464 e. The molecule has 1 saturated carbocycles. The van der Waals surface area contributed by atoms with Gasteiger partial charge in [-0.1, -0.05) is 11.3 Å². The van der Waals surface area contributed by atoms with E-state index in [1.807, 2.05) is 19.1 Å². The predicted octanol–water partition coefficient (Wildman–Crippen LogP) is 2.64. The van der Waals surface area contributed by atoms with E-state index in [0.29, 0.717) is 17.7 Å². The number of rotatable bonds is 4. The first-order valence-electron chi connectivity index (χ1n) is 6.11. The second-order valence-corrected chi connectivity index (χ2v) is 5.38. The number of furan rings is 1. The van der Waals surface area contributed by atoms with Crippen LogP contribution in [0, 0.1) is 6.92 Å². The van der Waals surface area contributed by atoms with Crippen LogP contribution in [0.15, 0.2) is 22.1 Å². The van der Waals surface area contributed by atoms with Crippen molar-refractivity contribution in [2.24, 2.45) is 0 Å². The summed E-state index contributed by atoms with van der Waals surface area (Å²) in [4.78, 5) is 14.0. The molecule has 0 aromatic carbocycles. The average Bonchev–Trinajstić information content (AvgIpc) is 2.94. The van der Waals surface area contributed by atoms with E-state index in [2.05, 4.69) is 15.5 Å². The van der Waals surface area contributed by atoms with Crippen molar-refractivity contribution in [1.29, 1.82) is 0 Å². The SMILES string of the molecule is Cc1ccc(CN(C(=O)Nc2nncs2)C2CC2)o1.